The number of nitrogens with one attached hydrogen (secondary N) is 1. The molecule has 154 valence electrons. The third-order valence-corrected chi connectivity index (χ3v) is 5.03. The van der Waals surface area contributed by atoms with Crippen molar-refractivity contribution in [2.45, 2.75) is 33.7 Å². The number of nitrogens with zero attached hydrogens (tertiary/aromatic N) is 4. The van der Waals surface area contributed by atoms with Gasteiger partial charge in [0.05, 0.1) is 17.4 Å². The number of hydrogen-bond donors (Lipinski definition) is 1. The molecule has 0 spiro atoms. The molecule has 2 aromatic heterocycles. The van der Waals surface area contributed by atoms with E-state index >= 15 is 0 Å². The minimum absolute atomic E-state index is 0.0630. The molecular weight excluding hydrogens is 370 g/mol. The summed E-state index contributed by atoms with van der Waals surface area (Å²) in [6, 6.07) is 5.61. The number of rotatable bonds is 3. The molecule has 8 nitrogen and oxygen atoms in total. The summed E-state index contributed by atoms with van der Waals surface area (Å²) in [6.45, 7) is 8.98. The molecule has 1 aliphatic rings. The fourth-order valence-electron chi connectivity index (χ4n) is 3.61. The van der Waals surface area contributed by atoms with Gasteiger partial charge in [0.15, 0.2) is 0 Å². The predicted molar refractivity (Wildman–Crippen MR) is 109 cm³/mol. The second kappa shape index (κ2) is 8.46. The van der Waals surface area contributed by atoms with E-state index in [9.17, 15) is 14.4 Å². The molecular formula is C21H27N5O3. The summed E-state index contributed by atoms with van der Waals surface area (Å²) in [6.07, 6.45) is 3.48. The number of pyridine rings is 1. The van der Waals surface area contributed by atoms with Gasteiger partial charge in [0.2, 0.25) is 0 Å². The van der Waals surface area contributed by atoms with Gasteiger partial charge in [-0.1, -0.05) is 0 Å². The number of piperazine rings is 1. The maximum atomic E-state index is 13.1. The van der Waals surface area contributed by atoms with Crippen molar-refractivity contribution in [1.82, 2.24) is 24.7 Å². The first-order valence-corrected chi connectivity index (χ1v) is 9.78. The van der Waals surface area contributed by atoms with Gasteiger partial charge in [-0.25, -0.2) is 0 Å². The molecule has 0 aliphatic carbocycles. The summed E-state index contributed by atoms with van der Waals surface area (Å²) in [7, 11) is 0. The van der Waals surface area contributed by atoms with Gasteiger partial charge in [0.25, 0.3) is 5.91 Å². The minimum Gasteiger partial charge on any atom is -0.346 e. The van der Waals surface area contributed by atoms with E-state index in [1.807, 2.05) is 50.5 Å². The average molecular weight is 397 g/mol. The molecule has 0 radical (unpaired) electrons. The highest BCUT2D eigenvalue weighted by molar-refractivity contribution is 6.35. The molecule has 1 N–H and O–H groups in total. The molecule has 0 aromatic carbocycles. The molecule has 1 fully saturated rings. The van der Waals surface area contributed by atoms with Crippen LogP contribution in [0, 0.1) is 13.8 Å². The van der Waals surface area contributed by atoms with Gasteiger partial charge in [-0.3, -0.25) is 19.4 Å². The fourth-order valence-corrected chi connectivity index (χ4v) is 3.61. The van der Waals surface area contributed by atoms with E-state index in [1.54, 1.807) is 17.3 Å². The maximum absolute atomic E-state index is 13.1. The number of carbonyl (C=O) groups excluding carboxylic acids is 3. The first kappa shape index (κ1) is 20.6. The highest BCUT2D eigenvalue weighted by Gasteiger charge is 2.29. The molecule has 0 unspecified atom stereocenters. The Morgan fingerprint density at radius 1 is 1.07 bits per heavy atom. The fraction of sp³-hybridized carbons (Fsp3) is 0.429. The van der Waals surface area contributed by atoms with Crippen LogP contribution in [0.3, 0.4) is 0 Å². The van der Waals surface area contributed by atoms with Crippen LogP contribution >= 0.6 is 0 Å². The summed E-state index contributed by atoms with van der Waals surface area (Å²) in [5.74, 6) is -1.20. The second-order valence-electron chi connectivity index (χ2n) is 7.54. The van der Waals surface area contributed by atoms with Gasteiger partial charge >= 0.3 is 11.8 Å². The van der Waals surface area contributed by atoms with Crippen LogP contribution < -0.4 is 5.32 Å². The van der Waals surface area contributed by atoms with E-state index in [2.05, 4.69) is 10.3 Å². The van der Waals surface area contributed by atoms with Gasteiger partial charge < -0.3 is 19.7 Å². The molecule has 3 rings (SSSR count). The zero-order chi connectivity index (χ0) is 21.1. The zero-order valence-electron chi connectivity index (χ0n) is 17.3. The Morgan fingerprint density at radius 3 is 2.31 bits per heavy atom. The van der Waals surface area contributed by atoms with E-state index in [0.717, 1.165) is 17.1 Å². The van der Waals surface area contributed by atoms with Crippen LogP contribution in [0.25, 0.3) is 5.69 Å². The van der Waals surface area contributed by atoms with E-state index < -0.39 is 11.8 Å². The third kappa shape index (κ3) is 4.31. The normalized spacial score (nSPS) is 14.2. The van der Waals surface area contributed by atoms with Crippen LogP contribution in [-0.2, 0) is 9.59 Å². The van der Waals surface area contributed by atoms with E-state index in [4.69, 9.17) is 0 Å². The highest BCUT2D eigenvalue weighted by atomic mass is 16.2. The van der Waals surface area contributed by atoms with Crippen molar-refractivity contribution in [2.24, 2.45) is 0 Å². The summed E-state index contributed by atoms with van der Waals surface area (Å²) < 4.78 is 2.01. The van der Waals surface area contributed by atoms with Crippen molar-refractivity contribution in [3.8, 4) is 5.69 Å². The van der Waals surface area contributed by atoms with Crippen molar-refractivity contribution in [3.05, 3.63) is 47.5 Å². The lowest BCUT2D eigenvalue weighted by Crippen LogP contribution is -2.54. The van der Waals surface area contributed by atoms with E-state index in [-0.39, 0.29) is 11.9 Å². The molecule has 1 aliphatic heterocycles. The first-order valence-electron chi connectivity index (χ1n) is 9.78. The van der Waals surface area contributed by atoms with Crippen LogP contribution in [0.2, 0.25) is 0 Å². The maximum Gasteiger partial charge on any atom is 0.312 e. The van der Waals surface area contributed by atoms with Gasteiger partial charge in [-0.15, -0.1) is 0 Å². The summed E-state index contributed by atoms with van der Waals surface area (Å²) >= 11 is 0. The SMILES string of the molecule is Cc1cc(C(=O)N2CCN(C(=O)C(=O)NC(C)C)CC2)c(C)n1-c1cccnc1. The zero-order valence-corrected chi connectivity index (χ0v) is 17.3. The van der Waals surface area contributed by atoms with Crippen molar-refractivity contribution >= 4 is 17.7 Å². The quantitative estimate of drug-likeness (QED) is 0.791. The Hall–Kier alpha value is -3.16. The predicted octanol–water partition coefficient (Wildman–Crippen LogP) is 1.30. The average Bonchev–Trinajstić information content (AvgIpc) is 3.01. The highest BCUT2D eigenvalue weighted by Crippen LogP contribution is 2.22. The van der Waals surface area contributed by atoms with Gasteiger partial charge in [-0.05, 0) is 45.9 Å². The third-order valence-electron chi connectivity index (χ3n) is 5.03. The standard InChI is InChI=1S/C21H27N5O3/c1-14(2)23-19(27)21(29)25-10-8-24(9-11-25)20(28)18-12-15(3)26(16(18)4)17-6-5-7-22-13-17/h5-7,12-14H,8-11H2,1-4H3,(H,23,27). The minimum atomic E-state index is -0.597. The van der Waals surface area contributed by atoms with Crippen molar-refractivity contribution in [2.75, 3.05) is 26.2 Å². The number of aromatic nitrogens is 2. The summed E-state index contributed by atoms with van der Waals surface area (Å²) in [5, 5.41) is 2.61. The molecule has 3 heterocycles. The number of amides is 3. The molecule has 2 aromatic rings. The van der Waals surface area contributed by atoms with E-state index in [1.165, 1.54) is 4.90 Å². The summed E-state index contributed by atoms with van der Waals surface area (Å²) in [4.78, 5) is 44.6. The second-order valence-corrected chi connectivity index (χ2v) is 7.54. The Balaban J connectivity index is 1.69. The lowest BCUT2D eigenvalue weighted by atomic mass is 10.2. The molecule has 8 heteroatoms. The molecule has 0 saturated carbocycles. The number of aryl methyl sites for hydroxylation is 1. The number of carbonyl (C=O) groups is 3. The van der Waals surface area contributed by atoms with Crippen LogP contribution in [-0.4, -0.2) is 69.3 Å². The molecule has 29 heavy (non-hydrogen) atoms. The van der Waals surface area contributed by atoms with Crippen molar-refractivity contribution in [1.29, 1.82) is 0 Å². The van der Waals surface area contributed by atoms with E-state index in [0.29, 0.717) is 31.7 Å². The first-order chi connectivity index (χ1) is 13.8. The molecule has 3 amide bonds. The lowest BCUT2D eigenvalue weighted by Gasteiger charge is -2.34. The monoisotopic (exact) mass is 397 g/mol. The van der Waals surface area contributed by atoms with Crippen molar-refractivity contribution in [3.63, 3.8) is 0 Å². The number of hydrogen-bond acceptors (Lipinski definition) is 4. The smallest absolute Gasteiger partial charge is 0.312 e. The Labute approximate surface area is 170 Å². The Morgan fingerprint density at radius 2 is 1.72 bits per heavy atom. The Kier molecular flexibility index (Phi) is 6.00. The van der Waals surface area contributed by atoms with Crippen LogP contribution in [0.1, 0.15) is 35.6 Å². The molecule has 0 bridgehead atoms. The topological polar surface area (TPSA) is 87.5 Å². The largest absolute Gasteiger partial charge is 0.346 e. The van der Waals surface area contributed by atoms with Gasteiger partial charge in [0.1, 0.15) is 0 Å². The van der Waals surface area contributed by atoms with Gasteiger partial charge in [-0.2, -0.15) is 0 Å². The lowest BCUT2D eigenvalue weighted by molar-refractivity contribution is -0.147. The molecule has 0 atom stereocenters. The van der Waals surface area contributed by atoms with Crippen LogP contribution in [0.15, 0.2) is 30.6 Å². The van der Waals surface area contributed by atoms with Crippen LogP contribution in [0.4, 0.5) is 0 Å². The Bertz CT molecular complexity index is 912. The molecule has 1 saturated heterocycles. The van der Waals surface area contributed by atoms with Gasteiger partial charge in [0, 0.05) is 49.8 Å². The van der Waals surface area contributed by atoms with Crippen molar-refractivity contribution < 1.29 is 14.4 Å². The van der Waals surface area contributed by atoms with Crippen LogP contribution in [0.5, 0.6) is 0 Å². The summed E-state index contributed by atoms with van der Waals surface area (Å²) in [5.41, 5.74) is 3.37.